The second-order valence-corrected chi connectivity index (χ2v) is 8.29. The van der Waals surface area contributed by atoms with Gasteiger partial charge in [-0.2, -0.15) is 0 Å². The molecule has 2 saturated heterocycles. The van der Waals surface area contributed by atoms with Crippen molar-refractivity contribution < 1.29 is 19.1 Å². The maximum Gasteiger partial charge on any atom is 0.333 e. The molecule has 0 radical (unpaired) electrons. The van der Waals surface area contributed by atoms with E-state index >= 15 is 0 Å². The minimum Gasteiger partial charge on any atom is -0.493 e. The van der Waals surface area contributed by atoms with E-state index in [1.165, 1.54) is 4.90 Å². The maximum atomic E-state index is 13.5. The highest BCUT2D eigenvalue weighted by atomic mass is 32.2. The Kier molecular flexibility index (Phi) is 4.55. The normalized spacial score (nSPS) is 20.7. The SMILES string of the molecule is COc1ccc([C@@H]2SC[C@@H]3C(=O)N(c4cccc5ccccc45)C(=O)N32)cc1OC. The second kappa shape index (κ2) is 7.25. The van der Waals surface area contributed by atoms with Gasteiger partial charge in [0.05, 0.1) is 19.9 Å². The number of fused-ring (bicyclic) bond motifs is 2. The summed E-state index contributed by atoms with van der Waals surface area (Å²) in [6.45, 7) is 0. The Balaban J connectivity index is 1.54. The van der Waals surface area contributed by atoms with Crippen molar-refractivity contribution in [3.8, 4) is 11.5 Å². The summed E-state index contributed by atoms with van der Waals surface area (Å²) in [5, 5.41) is 1.62. The molecule has 30 heavy (non-hydrogen) atoms. The molecule has 0 N–H and O–H groups in total. The first-order valence-electron chi connectivity index (χ1n) is 9.61. The van der Waals surface area contributed by atoms with Crippen LogP contribution >= 0.6 is 11.8 Å². The van der Waals surface area contributed by atoms with Crippen molar-refractivity contribution >= 4 is 40.2 Å². The lowest BCUT2D eigenvalue weighted by Gasteiger charge is -2.24. The lowest BCUT2D eigenvalue weighted by atomic mass is 10.1. The molecule has 2 aliphatic rings. The highest BCUT2D eigenvalue weighted by Gasteiger charge is 2.53. The van der Waals surface area contributed by atoms with Crippen LogP contribution in [0.5, 0.6) is 11.5 Å². The molecule has 2 aliphatic heterocycles. The number of rotatable bonds is 4. The fraction of sp³-hybridized carbons (Fsp3) is 0.217. The highest BCUT2D eigenvalue weighted by molar-refractivity contribution is 7.99. The Bertz CT molecular complexity index is 1160. The van der Waals surface area contributed by atoms with Gasteiger partial charge < -0.3 is 9.47 Å². The summed E-state index contributed by atoms with van der Waals surface area (Å²) in [7, 11) is 3.17. The Hall–Kier alpha value is -3.19. The van der Waals surface area contributed by atoms with Crippen molar-refractivity contribution in [3.05, 3.63) is 66.2 Å². The van der Waals surface area contributed by atoms with Gasteiger partial charge in [0.15, 0.2) is 11.5 Å². The van der Waals surface area contributed by atoms with Crippen molar-refractivity contribution in [2.24, 2.45) is 0 Å². The number of carbonyl (C=O) groups excluding carboxylic acids is 2. The molecule has 5 rings (SSSR count). The number of hydrogen-bond acceptors (Lipinski definition) is 5. The van der Waals surface area contributed by atoms with Crippen LogP contribution in [-0.4, -0.2) is 42.9 Å². The van der Waals surface area contributed by atoms with Crippen LogP contribution in [0, 0.1) is 0 Å². The van der Waals surface area contributed by atoms with Crippen LogP contribution in [0.2, 0.25) is 0 Å². The van der Waals surface area contributed by atoms with Gasteiger partial charge in [0.2, 0.25) is 0 Å². The number of thioether (sulfide) groups is 1. The molecular formula is C23H20N2O4S. The van der Waals surface area contributed by atoms with Gasteiger partial charge in [-0.25, -0.2) is 9.69 Å². The molecule has 3 aromatic carbocycles. The van der Waals surface area contributed by atoms with E-state index in [0.29, 0.717) is 22.9 Å². The molecule has 2 fully saturated rings. The third-order valence-electron chi connectivity index (χ3n) is 5.62. The third kappa shape index (κ3) is 2.73. The summed E-state index contributed by atoms with van der Waals surface area (Å²) < 4.78 is 10.7. The zero-order valence-corrected chi connectivity index (χ0v) is 17.4. The van der Waals surface area contributed by atoms with Gasteiger partial charge in [-0.15, -0.1) is 11.8 Å². The summed E-state index contributed by atoms with van der Waals surface area (Å²) in [5.41, 5.74) is 1.54. The first-order valence-corrected chi connectivity index (χ1v) is 10.7. The number of nitrogens with zero attached hydrogens (tertiary/aromatic N) is 2. The molecule has 2 heterocycles. The van der Waals surface area contributed by atoms with Crippen LogP contribution in [0.1, 0.15) is 10.9 Å². The monoisotopic (exact) mass is 420 g/mol. The van der Waals surface area contributed by atoms with E-state index in [4.69, 9.17) is 9.47 Å². The van der Waals surface area contributed by atoms with E-state index in [1.54, 1.807) is 30.9 Å². The molecule has 0 unspecified atom stereocenters. The molecule has 2 atom stereocenters. The lowest BCUT2D eigenvalue weighted by molar-refractivity contribution is -0.119. The number of imide groups is 1. The largest absolute Gasteiger partial charge is 0.493 e. The van der Waals surface area contributed by atoms with E-state index < -0.39 is 6.04 Å². The molecule has 6 nitrogen and oxygen atoms in total. The number of urea groups is 1. The van der Waals surface area contributed by atoms with Gasteiger partial charge in [-0.3, -0.25) is 9.69 Å². The van der Waals surface area contributed by atoms with E-state index in [-0.39, 0.29) is 17.3 Å². The fourth-order valence-corrected chi connectivity index (χ4v) is 5.58. The number of benzene rings is 3. The minimum atomic E-state index is -0.473. The number of hydrogen-bond donors (Lipinski definition) is 0. The summed E-state index contributed by atoms with van der Waals surface area (Å²) in [5.74, 6) is 1.61. The van der Waals surface area contributed by atoms with Gasteiger partial charge in [0.1, 0.15) is 11.4 Å². The Labute approximate surface area is 178 Å². The van der Waals surface area contributed by atoms with E-state index in [9.17, 15) is 9.59 Å². The Morgan fingerprint density at radius 3 is 2.50 bits per heavy atom. The van der Waals surface area contributed by atoms with Crippen molar-refractivity contribution in [1.82, 2.24) is 4.90 Å². The Morgan fingerprint density at radius 2 is 1.70 bits per heavy atom. The van der Waals surface area contributed by atoms with Gasteiger partial charge in [0.25, 0.3) is 5.91 Å². The number of amides is 3. The van der Waals surface area contributed by atoms with Crippen LogP contribution < -0.4 is 14.4 Å². The first-order chi connectivity index (χ1) is 14.6. The van der Waals surface area contributed by atoms with Crippen molar-refractivity contribution in [2.75, 3.05) is 24.9 Å². The highest BCUT2D eigenvalue weighted by Crippen LogP contribution is 2.48. The Morgan fingerprint density at radius 1 is 0.933 bits per heavy atom. The molecular weight excluding hydrogens is 400 g/mol. The summed E-state index contributed by atoms with van der Waals surface area (Å²) >= 11 is 1.59. The molecule has 3 aromatic rings. The minimum absolute atomic E-state index is 0.174. The number of carbonyl (C=O) groups is 2. The van der Waals surface area contributed by atoms with Gasteiger partial charge >= 0.3 is 6.03 Å². The topological polar surface area (TPSA) is 59.1 Å². The summed E-state index contributed by atoms with van der Waals surface area (Å²) in [6, 6.07) is 18.3. The zero-order valence-electron chi connectivity index (χ0n) is 16.6. The zero-order chi connectivity index (χ0) is 20.8. The van der Waals surface area contributed by atoms with E-state index in [2.05, 4.69) is 0 Å². The van der Waals surface area contributed by atoms with Gasteiger partial charge in [-0.05, 0) is 29.1 Å². The van der Waals surface area contributed by atoms with Crippen LogP contribution in [0.3, 0.4) is 0 Å². The van der Waals surface area contributed by atoms with Crippen molar-refractivity contribution in [2.45, 2.75) is 11.4 Å². The van der Waals surface area contributed by atoms with E-state index in [0.717, 1.165) is 16.3 Å². The quantitative estimate of drug-likeness (QED) is 0.584. The van der Waals surface area contributed by atoms with Gasteiger partial charge in [0, 0.05) is 11.1 Å². The molecule has 0 spiro atoms. The second-order valence-electron chi connectivity index (χ2n) is 7.18. The number of anilines is 1. The van der Waals surface area contributed by atoms with Crippen molar-refractivity contribution in [3.63, 3.8) is 0 Å². The third-order valence-corrected chi connectivity index (χ3v) is 6.94. The molecule has 0 aromatic heterocycles. The molecule has 3 amide bonds. The van der Waals surface area contributed by atoms with E-state index in [1.807, 2.05) is 60.7 Å². The molecule has 0 aliphatic carbocycles. The maximum absolute atomic E-state index is 13.5. The van der Waals surface area contributed by atoms with Crippen LogP contribution in [0.4, 0.5) is 10.5 Å². The van der Waals surface area contributed by atoms with Crippen molar-refractivity contribution in [1.29, 1.82) is 0 Å². The standard InChI is InChI=1S/C23H20N2O4S/c1-28-19-11-10-15(12-20(19)29-2)22-25-18(13-30-22)21(26)24(23(25)27)17-9-5-7-14-6-3-4-8-16(14)17/h3-12,18,22H,13H2,1-2H3/t18-,22+/m1/s1. The number of ether oxygens (including phenoxy) is 2. The van der Waals surface area contributed by atoms with Gasteiger partial charge in [-0.1, -0.05) is 42.5 Å². The van der Waals surface area contributed by atoms with Crippen LogP contribution in [-0.2, 0) is 4.79 Å². The average molecular weight is 420 g/mol. The fourth-order valence-electron chi connectivity index (χ4n) is 4.18. The summed E-state index contributed by atoms with van der Waals surface area (Å²) in [6.07, 6.45) is 0. The smallest absolute Gasteiger partial charge is 0.333 e. The van der Waals surface area contributed by atoms with Crippen LogP contribution in [0.25, 0.3) is 10.8 Å². The summed E-state index contributed by atoms with van der Waals surface area (Å²) in [4.78, 5) is 29.7. The average Bonchev–Trinajstić information content (AvgIpc) is 3.33. The predicted octanol–water partition coefficient (Wildman–Crippen LogP) is 4.44. The molecule has 0 saturated carbocycles. The molecule has 7 heteroatoms. The lowest BCUT2D eigenvalue weighted by Crippen LogP contribution is -2.34. The number of methoxy groups -OCH3 is 2. The molecule has 0 bridgehead atoms. The first kappa shape index (κ1) is 18.8. The molecule has 152 valence electrons. The predicted molar refractivity (Wildman–Crippen MR) is 117 cm³/mol. The van der Waals surface area contributed by atoms with Crippen LogP contribution in [0.15, 0.2) is 60.7 Å².